The molecule has 0 aliphatic rings. The molecular weight excluding hydrogens is 293 g/mol. The van der Waals surface area contributed by atoms with Crippen LogP contribution in [0.25, 0.3) is 0 Å². The maximum absolute atomic E-state index is 13.3. The standard InChI is InChI=1S/C15H23BrFN/c1-5-8-18-14(15(2,3)4)10-11-9-12(17)6-7-13(11)16/h6-7,9,14,18H,5,8,10H2,1-4H3. The fourth-order valence-corrected chi connectivity index (χ4v) is 2.33. The first-order chi connectivity index (χ1) is 8.34. The summed E-state index contributed by atoms with van der Waals surface area (Å²) in [5.41, 5.74) is 1.18. The van der Waals surface area contributed by atoms with Crippen LogP contribution in [-0.4, -0.2) is 12.6 Å². The molecule has 3 heteroatoms. The number of halogens is 2. The van der Waals surface area contributed by atoms with Gasteiger partial charge in [-0.15, -0.1) is 0 Å². The van der Waals surface area contributed by atoms with Crippen molar-refractivity contribution in [2.24, 2.45) is 5.41 Å². The fourth-order valence-electron chi connectivity index (χ4n) is 1.92. The van der Waals surface area contributed by atoms with Gasteiger partial charge in [-0.05, 0) is 48.6 Å². The molecule has 102 valence electrons. The van der Waals surface area contributed by atoms with Gasteiger partial charge in [-0.2, -0.15) is 0 Å². The molecule has 0 aliphatic carbocycles. The second-order valence-corrected chi connectivity index (χ2v) is 6.67. The van der Waals surface area contributed by atoms with E-state index in [0.717, 1.165) is 29.4 Å². The van der Waals surface area contributed by atoms with E-state index < -0.39 is 0 Å². The van der Waals surface area contributed by atoms with Crippen LogP contribution in [0.2, 0.25) is 0 Å². The molecule has 0 saturated heterocycles. The SMILES string of the molecule is CCCNC(Cc1cc(F)ccc1Br)C(C)(C)C. The summed E-state index contributed by atoms with van der Waals surface area (Å²) in [7, 11) is 0. The number of hydrogen-bond acceptors (Lipinski definition) is 1. The van der Waals surface area contributed by atoms with E-state index in [1.54, 1.807) is 12.1 Å². The quantitative estimate of drug-likeness (QED) is 0.840. The van der Waals surface area contributed by atoms with E-state index in [0.29, 0.717) is 6.04 Å². The molecule has 1 aromatic carbocycles. The van der Waals surface area contributed by atoms with Gasteiger partial charge in [0, 0.05) is 10.5 Å². The van der Waals surface area contributed by atoms with Crippen molar-refractivity contribution >= 4 is 15.9 Å². The lowest BCUT2D eigenvalue weighted by Crippen LogP contribution is -2.42. The summed E-state index contributed by atoms with van der Waals surface area (Å²) in [4.78, 5) is 0. The first-order valence-electron chi connectivity index (χ1n) is 6.52. The van der Waals surface area contributed by atoms with Gasteiger partial charge in [0.05, 0.1) is 0 Å². The van der Waals surface area contributed by atoms with Gasteiger partial charge >= 0.3 is 0 Å². The smallest absolute Gasteiger partial charge is 0.123 e. The molecule has 1 nitrogen and oxygen atoms in total. The molecule has 1 N–H and O–H groups in total. The van der Waals surface area contributed by atoms with Gasteiger partial charge in [-0.3, -0.25) is 0 Å². The minimum absolute atomic E-state index is 0.154. The number of nitrogens with one attached hydrogen (secondary N) is 1. The molecule has 0 fully saturated rings. The highest BCUT2D eigenvalue weighted by Crippen LogP contribution is 2.26. The molecule has 0 heterocycles. The van der Waals surface area contributed by atoms with E-state index in [-0.39, 0.29) is 11.2 Å². The molecule has 0 radical (unpaired) electrons. The fraction of sp³-hybridized carbons (Fsp3) is 0.600. The minimum atomic E-state index is -0.170. The Hall–Kier alpha value is -0.410. The van der Waals surface area contributed by atoms with Gasteiger partial charge < -0.3 is 5.32 Å². The minimum Gasteiger partial charge on any atom is -0.313 e. The number of benzene rings is 1. The van der Waals surface area contributed by atoms with Gasteiger partial charge in [0.2, 0.25) is 0 Å². The second kappa shape index (κ2) is 6.67. The van der Waals surface area contributed by atoms with E-state index >= 15 is 0 Å². The maximum atomic E-state index is 13.3. The Balaban J connectivity index is 2.85. The molecule has 1 rings (SSSR count). The first kappa shape index (κ1) is 15.6. The Bertz CT molecular complexity index is 385. The van der Waals surface area contributed by atoms with Gasteiger partial charge in [-0.25, -0.2) is 4.39 Å². The van der Waals surface area contributed by atoms with Crippen molar-refractivity contribution in [3.8, 4) is 0 Å². The Kier molecular flexibility index (Phi) is 5.80. The summed E-state index contributed by atoms with van der Waals surface area (Å²) < 4.78 is 14.3. The van der Waals surface area contributed by atoms with Gasteiger partial charge in [0.25, 0.3) is 0 Å². The van der Waals surface area contributed by atoms with Crippen molar-refractivity contribution in [3.63, 3.8) is 0 Å². The highest BCUT2D eigenvalue weighted by Gasteiger charge is 2.24. The molecule has 1 atom stereocenters. The third-order valence-electron chi connectivity index (χ3n) is 3.12. The van der Waals surface area contributed by atoms with Gasteiger partial charge in [0.1, 0.15) is 5.82 Å². The Morgan fingerprint density at radius 3 is 2.56 bits per heavy atom. The van der Waals surface area contributed by atoms with Crippen molar-refractivity contribution in [2.75, 3.05) is 6.54 Å². The lowest BCUT2D eigenvalue weighted by molar-refractivity contribution is 0.266. The van der Waals surface area contributed by atoms with E-state index in [4.69, 9.17) is 0 Å². The number of hydrogen-bond donors (Lipinski definition) is 1. The monoisotopic (exact) mass is 315 g/mol. The molecule has 1 unspecified atom stereocenters. The Labute approximate surface area is 118 Å². The average Bonchev–Trinajstić information content (AvgIpc) is 2.27. The maximum Gasteiger partial charge on any atom is 0.123 e. The van der Waals surface area contributed by atoms with Crippen molar-refractivity contribution in [1.82, 2.24) is 5.32 Å². The summed E-state index contributed by atoms with van der Waals surface area (Å²) in [6.07, 6.45) is 1.94. The molecule has 1 aromatic rings. The van der Waals surface area contributed by atoms with Crippen LogP contribution in [-0.2, 0) is 6.42 Å². The molecule has 0 aliphatic heterocycles. The predicted molar refractivity (Wildman–Crippen MR) is 79.3 cm³/mol. The van der Waals surface area contributed by atoms with Crippen LogP contribution in [0.5, 0.6) is 0 Å². The van der Waals surface area contributed by atoms with E-state index in [2.05, 4.69) is 48.9 Å². The molecule has 0 bridgehead atoms. The van der Waals surface area contributed by atoms with Crippen LogP contribution in [0.3, 0.4) is 0 Å². The van der Waals surface area contributed by atoms with Crippen molar-refractivity contribution in [2.45, 2.75) is 46.6 Å². The van der Waals surface area contributed by atoms with Crippen molar-refractivity contribution in [1.29, 1.82) is 0 Å². The molecule has 0 saturated carbocycles. The molecule has 0 spiro atoms. The predicted octanol–water partition coefficient (Wildman–Crippen LogP) is 4.55. The Morgan fingerprint density at radius 2 is 2.00 bits per heavy atom. The number of rotatable bonds is 5. The van der Waals surface area contributed by atoms with E-state index in [1.807, 2.05) is 0 Å². The first-order valence-corrected chi connectivity index (χ1v) is 7.31. The summed E-state index contributed by atoms with van der Waals surface area (Å²) >= 11 is 3.50. The lowest BCUT2D eigenvalue weighted by Gasteiger charge is -2.32. The molecular formula is C15H23BrFN. The van der Waals surface area contributed by atoms with Crippen LogP contribution in [0, 0.1) is 11.2 Å². The summed E-state index contributed by atoms with van der Waals surface area (Å²) in [5, 5.41) is 3.56. The van der Waals surface area contributed by atoms with Crippen molar-refractivity contribution in [3.05, 3.63) is 34.1 Å². The molecule has 0 aromatic heterocycles. The summed E-state index contributed by atoms with van der Waals surface area (Å²) in [6, 6.07) is 5.23. The van der Waals surface area contributed by atoms with Crippen LogP contribution in [0.4, 0.5) is 4.39 Å². The zero-order valence-electron chi connectivity index (χ0n) is 11.7. The zero-order chi connectivity index (χ0) is 13.8. The third kappa shape index (κ3) is 4.69. The van der Waals surface area contributed by atoms with Crippen LogP contribution in [0.15, 0.2) is 22.7 Å². The second-order valence-electron chi connectivity index (χ2n) is 5.81. The lowest BCUT2D eigenvalue weighted by atomic mass is 9.83. The van der Waals surface area contributed by atoms with E-state index in [1.165, 1.54) is 6.07 Å². The van der Waals surface area contributed by atoms with Gasteiger partial charge in [-0.1, -0.05) is 43.6 Å². The summed E-state index contributed by atoms with van der Waals surface area (Å²) in [5.74, 6) is -0.170. The van der Waals surface area contributed by atoms with Crippen LogP contribution < -0.4 is 5.32 Å². The van der Waals surface area contributed by atoms with E-state index in [9.17, 15) is 4.39 Å². The zero-order valence-corrected chi connectivity index (χ0v) is 13.3. The topological polar surface area (TPSA) is 12.0 Å². The molecule has 18 heavy (non-hydrogen) atoms. The average molecular weight is 316 g/mol. The third-order valence-corrected chi connectivity index (χ3v) is 3.89. The largest absolute Gasteiger partial charge is 0.313 e. The highest BCUT2D eigenvalue weighted by atomic mass is 79.9. The normalized spacial score (nSPS) is 13.7. The van der Waals surface area contributed by atoms with Crippen LogP contribution >= 0.6 is 15.9 Å². The van der Waals surface area contributed by atoms with Gasteiger partial charge in [0.15, 0.2) is 0 Å². The highest BCUT2D eigenvalue weighted by molar-refractivity contribution is 9.10. The van der Waals surface area contributed by atoms with Crippen LogP contribution in [0.1, 0.15) is 39.7 Å². The Morgan fingerprint density at radius 1 is 1.33 bits per heavy atom. The molecule has 0 amide bonds. The summed E-state index contributed by atoms with van der Waals surface area (Å²) in [6.45, 7) is 9.80. The van der Waals surface area contributed by atoms with Crippen molar-refractivity contribution < 1.29 is 4.39 Å².